The number of nitrogens with one attached hydrogen (secondary N) is 1. The topological polar surface area (TPSA) is 46.2 Å². The van der Waals surface area contributed by atoms with E-state index < -0.39 is 9.84 Å². The second kappa shape index (κ2) is 2.27. The van der Waals surface area contributed by atoms with Crippen LogP contribution in [0.15, 0.2) is 0 Å². The van der Waals surface area contributed by atoms with Crippen LogP contribution in [0.25, 0.3) is 0 Å². The summed E-state index contributed by atoms with van der Waals surface area (Å²) in [7, 11) is -2.69. The molecular weight excluding hydrogens is 138 g/mol. The molecule has 0 saturated carbocycles. The van der Waals surface area contributed by atoms with E-state index in [0.717, 1.165) is 0 Å². The van der Waals surface area contributed by atoms with Crippen LogP contribution in [-0.4, -0.2) is 32.5 Å². The molecule has 0 bridgehead atoms. The summed E-state index contributed by atoms with van der Waals surface area (Å²) in [5.41, 5.74) is 0. The van der Waals surface area contributed by atoms with Gasteiger partial charge >= 0.3 is 0 Å². The average Bonchev–Trinajstić information content (AvgIpc) is 1.60. The van der Waals surface area contributed by atoms with E-state index in [2.05, 4.69) is 5.32 Å². The summed E-state index contributed by atoms with van der Waals surface area (Å²) in [5, 5.41) is 3.06. The third-order valence-electron chi connectivity index (χ3n) is 1.41. The zero-order chi connectivity index (χ0) is 6.91. The van der Waals surface area contributed by atoms with E-state index in [1.807, 2.05) is 6.92 Å². The summed E-state index contributed by atoms with van der Waals surface area (Å²) in [6.45, 7) is 2.50. The van der Waals surface area contributed by atoms with Gasteiger partial charge in [-0.1, -0.05) is 0 Å². The van der Waals surface area contributed by atoms with Crippen molar-refractivity contribution in [3.63, 3.8) is 0 Å². The Bertz CT molecular complexity index is 185. The Kier molecular flexibility index (Phi) is 1.77. The van der Waals surface area contributed by atoms with Crippen molar-refractivity contribution in [3.8, 4) is 0 Å². The van der Waals surface area contributed by atoms with Crippen molar-refractivity contribution in [1.29, 1.82) is 0 Å². The smallest absolute Gasteiger partial charge is 0.153 e. The molecule has 1 fully saturated rings. The molecule has 0 aromatic heterocycles. The van der Waals surface area contributed by atoms with E-state index in [-0.39, 0.29) is 6.04 Å². The highest BCUT2D eigenvalue weighted by atomic mass is 32.2. The molecule has 0 aliphatic carbocycles. The highest BCUT2D eigenvalue weighted by Gasteiger charge is 2.19. The van der Waals surface area contributed by atoms with E-state index in [1.54, 1.807) is 0 Å². The summed E-state index contributed by atoms with van der Waals surface area (Å²) < 4.78 is 21.6. The van der Waals surface area contributed by atoms with E-state index in [9.17, 15) is 8.42 Å². The van der Waals surface area contributed by atoms with Gasteiger partial charge in [-0.15, -0.1) is 0 Å². The Morgan fingerprint density at radius 2 is 2.22 bits per heavy atom. The minimum atomic E-state index is -2.69. The number of hydrogen-bond donors (Lipinski definition) is 1. The maximum absolute atomic E-state index is 10.8. The second-order valence-electron chi connectivity index (χ2n) is 2.47. The molecule has 0 aromatic carbocycles. The first-order valence-corrected chi connectivity index (χ1v) is 4.86. The highest BCUT2D eigenvalue weighted by molar-refractivity contribution is 7.91. The van der Waals surface area contributed by atoms with Gasteiger partial charge in [0.05, 0.1) is 11.5 Å². The van der Waals surface area contributed by atoms with Gasteiger partial charge in [-0.3, -0.25) is 0 Å². The van der Waals surface area contributed by atoms with Crippen LogP contribution in [-0.2, 0) is 9.84 Å². The number of sulfone groups is 1. The fraction of sp³-hybridized carbons (Fsp3) is 1.00. The Labute approximate surface area is 55.4 Å². The molecule has 3 nitrogen and oxygen atoms in total. The summed E-state index contributed by atoms with van der Waals surface area (Å²) >= 11 is 0. The van der Waals surface area contributed by atoms with Gasteiger partial charge in [0.1, 0.15) is 0 Å². The lowest BCUT2D eigenvalue weighted by molar-refractivity contribution is 0.539. The molecule has 1 aliphatic rings. The van der Waals surface area contributed by atoms with E-state index in [0.29, 0.717) is 18.1 Å². The van der Waals surface area contributed by atoms with Gasteiger partial charge < -0.3 is 5.32 Å². The normalized spacial score (nSPS) is 34.1. The molecule has 1 saturated heterocycles. The molecule has 4 heteroatoms. The molecule has 54 valence electrons. The quantitative estimate of drug-likeness (QED) is 0.500. The lowest BCUT2D eigenvalue weighted by Crippen LogP contribution is -2.42. The first-order chi connectivity index (χ1) is 4.10. The largest absolute Gasteiger partial charge is 0.312 e. The highest BCUT2D eigenvalue weighted by Crippen LogP contribution is 1.99. The molecule has 0 amide bonds. The fourth-order valence-electron chi connectivity index (χ4n) is 0.984. The minimum absolute atomic E-state index is 0.142. The molecule has 0 aromatic rings. The predicted octanol–water partition coefficient (Wildman–Crippen LogP) is -0.607. The third-order valence-corrected chi connectivity index (χ3v) is 3.24. The number of hydrogen-bond acceptors (Lipinski definition) is 3. The average molecular weight is 149 g/mol. The van der Waals surface area contributed by atoms with Crippen molar-refractivity contribution in [2.24, 2.45) is 0 Å². The van der Waals surface area contributed by atoms with Crippen LogP contribution in [0.2, 0.25) is 0 Å². The molecule has 1 unspecified atom stereocenters. The van der Waals surface area contributed by atoms with Crippen molar-refractivity contribution in [2.45, 2.75) is 13.0 Å². The Balaban J connectivity index is 2.62. The fourth-order valence-corrected chi connectivity index (χ4v) is 2.46. The van der Waals surface area contributed by atoms with Crippen LogP contribution in [0.1, 0.15) is 6.92 Å². The van der Waals surface area contributed by atoms with Crippen molar-refractivity contribution < 1.29 is 8.42 Å². The lowest BCUT2D eigenvalue weighted by atomic mass is 10.4. The van der Waals surface area contributed by atoms with Crippen molar-refractivity contribution in [2.75, 3.05) is 18.1 Å². The van der Waals surface area contributed by atoms with Gasteiger partial charge in [0, 0.05) is 12.6 Å². The summed E-state index contributed by atoms with van der Waals surface area (Å²) in [4.78, 5) is 0. The molecule has 1 heterocycles. The Morgan fingerprint density at radius 3 is 2.56 bits per heavy atom. The molecule has 1 aliphatic heterocycles. The van der Waals surface area contributed by atoms with Crippen LogP contribution in [0.5, 0.6) is 0 Å². The van der Waals surface area contributed by atoms with Crippen LogP contribution in [0.4, 0.5) is 0 Å². The second-order valence-corrected chi connectivity index (χ2v) is 4.70. The maximum atomic E-state index is 10.8. The summed E-state index contributed by atoms with van der Waals surface area (Å²) in [6, 6.07) is 0.142. The van der Waals surface area contributed by atoms with Crippen LogP contribution < -0.4 is 5.32 Å². The van der Waals surface area contributed by atoms with Gasteiger partial charge in [-0.05, 0) is 6.92 Å². The standard InChI is InChI=1S/C5H11NO2S/c1-5-4-9(7,8)3-2-6-5/h5-6H,2-4H2,1H3. The lowest BCUT2D eigenvalue weighted by Gasteiger charge is -2.19. The van der Waals surface area contributed by atoms with Gasteiger partial charge in [0.25, 0.3) is 0 Å². The van der Waals surface area contributed by atoms with E-state index in [4.69, 9.17) is 0 Å². The molecule has 0 spiro atoms. The maximum Gasteiger partial charge on any atom is 0.153 e. The molecule has 1 atom stereocenters. The van der Waals surface area contributed by atoms with Gasteiger partial charge in [-0.2, -0.15) is 0 Å². The first kappa shape index (κ1) is 7.02. The third kappa shape index (κ3) is 1.95. The van der Waals surface area contributed by atoms with Crippen molar-refractivity contribution >= 4 is 9.84 Å². The van der Waals surface area contributed by atoms with Crippen LogP contribution >= 0.6 is 0 Å². The van der Waals surface area contributed by atoms with Gasteiger partial charge in [0.2, 0.25) is 0 Å². The van der Waals surface area contributed by atoms with Crippen molar-refractivity contribution in [1.82, 2.24) is 5.32 Å². The van der Waals surface area contributed by atoms with Gasteiger partial charge in [0.15, 0.2) is 9.84 Å². The molecule has 9 heavy (non-hydrogen) atoms. The van der Waals surface area contributed by atoms with Crippen molar-refractivity contribution in [3.05, 3.63) is 0 Å². The minimum Gasteiger partial charge on any atom is -0.312 e. The predicted molar refractivity (Wildman–Crippen MR) is 36.1 cm³/mol. The van der Waals surface area contributed by atoms with Gasteiger partial charge in [-0.25, -0.2) is 8.42 Å². The molecular formula is C5H11NO2S. The number of rotatable bonds is 0. The summed E-state index contributed by atoms with van der Waals surface area (Å²) in [5.74, 6) is 0.602. The first-order valence-electron chi connectivity index (χ1n) is 3.04. The molecule has 1 N–H and O–H groups in total. The zero-order valence-electron chi connectivity index (χ0n) is 5.42. The molecule has 1 rings (SSSR count). The monoisotopic (exact) mass is 149 g/mol. The molecule has 0 radical (unpaired) electrons. The Hall–Kier alpha value is -0.0900. The SMILES string of the molecule is CC1CS(=O)(=O)CCN1. The van der Waals surface area contributed by atoms with Crippen LogP contribution in [0, 0.1) is 0 Å². The summed E-state index contributed by atoms with van der Waals surface area (Å²) in [6.07, 6.45) is 0. The van der Waals surface area contributed by atoms with E-state index in [1.165, 1.54) is 0 Å². The zero-order valence-corrected chi connectivity index (χ0v) is 6.24. The van der Waals surface area contributed by atoms with E-state index >= 15 is 0 Å². The Morgan fingerprint density at radius 1 is 1.56 bits per heavy atom. The van der Waals surface area contributed by atoms with Crippen LogP contribution in [0.3, 0.4) is 0 Å².